The van der Waals surface area contributed by atoms with Crippen molar-refractivity contribution >= 4 is 11.9 Å². The Morgan fingerprint density at radius 3 is 1.71 bits per heavy atom. The predicted molar refractivity (Wildman–Crippen MR) is 111 cm³/mol. The zero-order valence-electron chi connectivity index (χ0n) is 18.2. The molecule has 0 saturated carbocycles. The lowest BCUT2D eigenvalue weighted by Gasteiger charge is -2.39. The van der Waals surface area contributed by atoms with E-state index < -0.39 is 17.9 Å². The Morgan fingerprint density at radius 1 is 0.774 bits per heavy atom. The van der Waals surface area contributed by atoms with Gasteiger partial charge in [0.25, 0.3) is 5.91 Å². The first-order valence-electron chi connectivity index (χ1n) is 9.38. The summed E-state index contributed by atoms with van der Waals surface area (Å²) in [5.41, 5.74) is 1.04. The minimum absolute atomic E-state index is 0.239. The summed E-state index contributed by atoms with van der Waals surface area (Å²) < 4.78 is 26.9. The van der Waals surface area contributed by atoms with Crippen LogP contribution >= 0.6 is 0 Å². The Hall–Kier alpha value is -3.62. The smallest absolute Gasteiger partial charge is 0.313 e. The fourth-order valence-electron chi connectivity index (χ4n) is 3.99. The molecule has 3 rings (SSSR count). The molecule has 166 valence electrons. The second-order valence-electron chi connectivity index (χ2n) is 6.92. The second kappa shape index (κ2) is 8.63. The maximum atomic E-state index is 13.3. The maximum absolute atomic E-state index is 13.3. The van der Waals surface area contributed by atoms with Crippen molar-refractivity contribution < 1.29 is 38.4 Å². The molecule has 1 heterocycles. The van der Waals surface area contributed by atoms with E-state index in [9.17, 15) is 14.7 Å². The summed E-state index contributed by atoms with van der Waals surface area (Å²) >= 11 is 0. The molecule has 9 nitrogen and oxygen atoms in total. The van der Waals surface area contributed by atoms with Crippen LogP contribution in [-0.4, -0.2) is 64.5 Å². The SMILES string of the molecule is COc1cc(OC)c([C@H]2[C@@H](C(=O)O)c3cc(OC)c(OC)cc3C(=O)N2C)cc1OC. The molecule has 0 unspecified atom stereocenters. The lowest BCUT2D eigenvalue weighted by atomic mass is 9.79. The molecule has 9 heteroatoms. The summed E-state index contributed by atoms with van der Waals surface area (Å²) in [6.45, 7) is 0. The molecule has 2 atom stereocenters. The van der Waals surface area contributed by atoms with Crippen LogP contribution in [0, 0.1) is 0 Å². The number of benzene rings is 2. The quantitative estimate of drug-likeness (QED) is 0.714. The molecular weight excluding hydrogens is 406 g/mol. The van der Waals surface area contributed by atoms with E-state index in [1.54, 1.807) is 19.2 Å². The van der Waals surface area contributed by atoms with Crippen LogP contribution in [0.1, 0.15) is 33.4 Å². The first-order valence-corrected chi connectivity index (χ1v) is 9.38. The van der Waals surface area contributed by atoms with Gasteiger partial charge in [-0.05, 0) is 23.8 Å². The molecule has 1 aliphatic heterocycles. The van der Waals surface area contributed by atoms with Crippen molar-refractivity contribution in [1.29, 1.82) is 0 Å². The van der Waals surface area contributed by atoms with Gasteiger partial charge in [0.05, 0.1) is 41.6 Å². The zero-order valence-corrected chi connectivity index (χ0v) is 18.2. The second-order valence-corrected chi connectivity index (χ2v) is 6.92. The van der Waals surface area contributed by atoms with Crippen molar-refractivity contribution in [2.75, 3.05) is 42.6 Å². The first kappa shape index (κ1) is 22.1. The number of methoxy groups -OCH3 is 5. The molecule has 0 bridgehead atoms. The Balaban J connectivity index is 2.30. The minimum atomic E-state index is -1.10. The predicted octanol–water partition coefficient (Wildman–Crippen LogP) is 2.72. The highest BCUT2D eigenvalue weighted by Gasteiger charge is 2.45. The molecule has 0 radical (unpaired) electrons. The number of hydrogen-bond acceptors (Lipinski definition) is 7. The van der Waals surface area contributed by atoms with Crippen molar-refractivity contribution in [1.82, 2.24) is 4.90 Å². The van der Waals surface area contributed by atoms with Gasteiger partial charge in [-0.3, -0.25) is 9.59 Å². The molecule has 0 saturated heterocycles. The van der Waals surface area contributed by atoms with Crippen LogP contribution in [0.3, 0.4) is 0 Å². The summed E-state index contributed by atoms with van der Waals surface area (Å²) in [4.78, 5) is 27.1. The van der Waals surface area contributed by atoms with E-state index in [4.69, 9.17) is 23.7 Å². The van der Waals surface area contributed by atoms with Gasteiger partial charge in [-0.25, -0.2) is 0 Å². The highest BCUT2D eigenvalue weighted by Crippen LogP contribution is 2.49. The molecule has 2 aromatic carbocycles. The normalized spacial score (nSPS) is 17.6. The van der Waals surface area contributed by atoms with Gasteiger partial charge in [0.2, 0.25) is 0 Å². The first-order chi connectivity index (χ1) is 14.8. The molecule has 1 N–H and O–H groups in total. The van der Waals surface area contributed by atoms with Gasteiger partial charge in [0.15, 0.2) is 23.0 Å². The van der Waals surface area contributed by atoms with E-state index in [1.165, 1.54) is 52.6 Å². The number of fused-ring (bicyclic) bond motifs is 1. The molecule has 1 aliphatic rings. The number of likely N-dealkylation sites (N-methyl/N-ethyl adjacent to an activating group) is 1. The Bertz CT molecular complexity index is 1020. The van der Waals surface area contributed by atoms with Crippen LogP contribution in [0.2, 0.25) is 0 Å². The van der Waals surface area contributed by atoms with Gasteiger partial charge in [0, 0.05) is 24.2 Å². The molecular formula is C22H25NO8. The van der Waals surface area contributed by atoms with Crippen LogP contribution in [-0.2, 0) is 4.79 Å². The average Bonchev–Trinajstić information content (AvgIpc) is 2.79. The van der Waals surface area contributed by atoms with Crippen LogP contribution in [0.25, 0.3) is 0 Å². The van der Waals surface area contributed by atoms with Crippen molar-refractivity contribution in [2.45, 2.75) is 12.0 Å². The van der Waals surface area contributed by atoms with E-state index >= 15 is 0 Å². The standard InChI is InChI=1S/C22H25NO8/c1-23-20(13-9-17(30-5)18(31-6)10-14(13)27-2)19(22(25)26)11-7-15(28-3)16(29-4)8-12(11)21(23)24/h7-10,19-20H,1-6H3,(H,25,26)/t19-,20-/m0/s1. The van der Waals surface area contributed by atoms with Gasteiger partial charge < -0.3 is 33.7 Å². The zero-order chi connectivity index (χ0) is 22.9. The number of carbonyl (C=O) groups is 2. The third-order valence-corrected chi connectivity index (χ3v) is 5.50. The number of carboxylic acids is 1. The van der Waals surface area contributed by atoms with E-state index in [0.717, 1.165) is 0 Å². The topological polar surface area (TPSA) is 104 Å². The number of nitrogens with zero attached hydrogens (tertiary/aromatic N) is 1. The molecule has 0 fully saturated rings. The molecule has 2 aromatic rings. The lowest BCUT2D eigenvalue weighted by molar-refractivity contribution is -0.140. The highest BCUT2D eigenvalue weighted by molar-refractivity contribution is 6.01. The fraction of sp³-hybridized carbons (Fsp3) is 0.364. The van der Waals surface area contributed by atoms with Gasteiger partial charge in [-0.1, -0.05) is 0 Å². The summed E-state index contributed by atoms with van der Waals surface area (Å²) in [6, 6.07) is 5.41. The number of amides is 1. The third kappa shape index (κ3) is 3.56. The van der Waals surface area contributed by atoms with E-state index in [-0.39, 0.29) is 11.5 Å². The number of carbonyl (C=O) groups excluding carboxylic acids is 1. The molecule has 0 aliphatic carbocycles. The average molecular weight is 431 g/mol. The van der Waals surface area contributed by atoms with E-state index in [0.29, 0.717) is 39.9 Å². The Morgan fingerprint density at radius 2 is 1.23 bits per heavy atom. The molecule has 0 spiro atoms. The third-order valence-electron chi connectivity index (χ3n) is 5.50. The van der Waals surface area contributed by atoms with Crippen molar-refractivity contribution in [2.24, 2.45) is 0 Å². The molecule has 1 amide bonds. The monoisotopic (exact) mass is 431 g/mol. The van der Waals surface area contributed by atoms with Crippen LogP contribution in [0.5, 0.6) is 28.7 Å². The van der Waals surface area contributed by atoms with Gasteiger partial charge in [-0.2, -0.15) is 0 Å². The van der Waals surface area contributed by atoms with Gasteiger partial charge in [-0.15, -0.1) is 0 Å². The van der Waals surface area contributed by atoms with Crippen molar-refractivity contribution in [3.63, 3.8) is 0 Å². The minimum Gasteiger partial charge on any atom is -0.496 e. The van der Waals surface area contributed by atoms with Crippen molar-refractivity contribution in [3.05, 3.63) is 41.0 Å². The number of rotatable bonds is 7. The summed E-state index contributed by atoms with van der Waals surface area (Å²) in [7, 11) is 8.89. The molecule has 31 heavy (non-hydrogen) atoms. The van der Waals surface area contributed by atoms with Gasteiger partial charge in [0.1, 0.15) is 11.7 Å². The Kier molecular flexibility index (Phi) is 6.14. The van der Waals surface area contributed by atoms with E-state index in [1.807, 2.05) is 0 Å². The van der Waals surface area contributed by atoms with Crippen molar-refractivity contribution in [3.8, 4) is 28.7 Å². The number of ether oxygens (including phenoxy) is 5. The number of aliphatic carboxylic acids is 1. The highest BCUT2D eigenvalue weighted by atomic mass is 16.5. The fourth-order valence-corrected chi connectivity index (χ4v) is 3.99. The van der Waals surface area contributed by atoms with Crippen LogP contribution < -0.4 is 23.7 Å². The Labute approximate surface area is 180 Å². The number of hydrogen-bond donors (Lipinski definition) is 1. The number of carboxylic acid groups (broad SMARTS) is 1. The lowest BCUT2D eigenvalue weighted by Crippen LogP contribution is -2.42. The van der Waals surface area contributed by atoms with Gasteiger partial charge >= 0.3 is 5.97 Å². The largest absolute Gasteiger partial charge is 0.496 e. The maximum Gasteiger partial charge on any atom is 0.313 e. The van der Waals surface area contributed by atoms with E-state index in [2.05, 4.69) is 0 Å². The summed E-state index contributed by atoms with van der Waals surface area (Å²) in [5, 5.41) is 10.2. The van der Waals surface area contributed by atoms with Crippen LogP contribution in [0.4, 0.5) is 0 Å². The summed E-state index contributed by atoms with van der Waals surface area (Å²) in [5.74, 6) is -0.683. The van der Waals surface area contributed by atoms with Crippen LogP contribution in [0.15, 0.2) is 24.3 Å². The molecule has 0 aromatic heterocycles. The summed E-state index contributed by atoms with van der Waals surface area (Å²) in [6.07, 6.45) is 0.